The zero-order valence-electron chi connectivity index (χ0n) is 11.1. The van der Waals surface area contributed by atoms with E-state index in [0.717, 1.165) is 12.8 Å². The van der Waals surface area contributed by atoms with Gasteiger partial charge in [0.2, 0.25) is 5.91 Å². The summed E-state index contributed by atoms with van der Waals surface area (Å²) in [6, 6.07) is -0.0137. The second-order valence-corrected chi connectivity index (χ2v) is 4.69. The Morgan fingerprint density at radius 1 is 1.26 bits per heavy atom. The first-order chi connectivity index (χ1) is 8.99. The molecule has 0 aromatic rings. The average Bonchev–Trinajstić information content (AvgIpc) is 2.34. The monoisotopic (exact) mass is 271 g/mol. The third kappa shape index (κ3) is 6.08. The summed E-state index contributed by atoms with van der Waals surface area (Å²) in [4.78, 5) is 34.7. The third-order valence-corrected chi connectivity index (χ3v) is 3.03. The molecule has 1 rings (SSSR count). The number of likely N-dealkylation sites (tertiary alicyclic amines) is 1. The summed E-state index contributed by atoms with van der Waals surface area (Å²) in [7, 11) is 0. The quantitative estimate of drug-likeness (QED) is 0.620. The summed E-state index contributed by atoms with van der Waals surface area (Å²) < 4.78 is 0. The molecular weight excluding hydrogens is 250 g/mol. The fourth-order valence-electron chi connectivity index (χ4n) is 2.06. The topological polar surface area (TPSA) is 98.7 Å². The van der Waals surface area contributed by atoms with Crippen molar-refractivity contribution in [3.8, 4) is 0 Å². The number of rotatable bonds is 5. The van der Waals surface area contributed by atoms with Gasteiger partial charge in [0.05, 0.1) is 0 Å². The van der Waals surface area contributed by atoms with E-state index in [0.29, 0.717) is 26.1 Å². The fraction of sp³-hybridized carbons (Fsp3) is 0.750. The van der Waals surface area contributed by atoms with E-state index in [1.807, 2.05) is 0 Å². The van der Waals surface area contributed by atoms with Crippen LogP contribution in [0.2, 0.25) is 0 Å². The Bertz CT molecular complexity index is 338. The lowest BCUT2D eigenvalue weighted by atomic mass is 10.1. The van der Waals surface area contributed by atoms with E-state index in [1.54, 1.807) is 4.90 Å². The van der Waals surface area contributed by atoms with E-state index in [1.165, 1.54) is 6.92 Å². The van der Waals surface area contributed by atoms with E-state index >= 15 is 0 Å². The minimum Gasteiger partial charge on any atom is -0.481 e. The van der Waals surface area contributed by atoms with Crippen LogP contribution in [0, 0.1) is 0 Å². The van der Waals surface area contributed by atoms with Crippen LogP contribution in [0.3, 0.4) is 0 Å². The maximum absolute atomic E-state index is 11.8. The lowest BCUT2D eigenvalue weighted by molar-refractivity contribution is -0.137. The van der Waals surface area contributed by atoms with Crippen LogP contribution in [-0.2, 0) is 9.59 Å². The number of aliphatic carboxylic acids is 1. The van der Waals surface area contributed by atoms with Crippen molar-refractivity contribution in [1.29, 1.82) is 0 Å². The van der Waals surface area contributed by atoms with E-state index < -0.39 is 5.97 Å². The number of carboxylic acids is 1. The number of carbonyl (C=O) groups excluding carboxylic acids is 2. The van der Waals surface area contributed by atoms with E-state index in [-0.39, 0.29) is 24.4 Å². The second-order valence-electron chi connectivity index (χ2n) is 4.69. The van der Waals surface area contributed by atoms with E-state index in [4.69, 9.17) is 5.11 Å². The molecule has 0 aromatic heterocycles. The average molecular weight is 271 g/mol. The van der Waals surface area contributed by atoms with Gasteiger partial charge in [-0.2, -0.15) is 0 Å². The van der Waals surface area contributed by atoms with Crippen molar-refractivity contribution in [1.82, 2.24) is 15.5 Å². The molecule has 3 N–H and O–H groups in total. The molecule has 7 heteroatoms. The molecular formula is C12H21N3O4. The van der Waals surface area contributed by atoms with Crippen LogP contribution in [-0.4, -0.2) is 53.6 Å². The fourth-order valence-corrected chi connectivity index (χ4v) is 2.06. The van der Waals surface area contributed by atoms with Gasteiger partial charge in [0.25, 0.3) is 0 Å². The van der Waals surface area contributed by atoms with Gasteiger partial charge in [-0.3, -0.25) is 9.59 Å². The number of carboxylic acid groups (broad SMARTS) is 1. The smallest absolute Gasteiger partial charge is 0.317 e. The summed E-state index contributed by atoms with van der Waals surface area (Å²) >= 11 is 0. The van der Waals surface area contributed by atoms with Gasteiger partial charge in [-0.1, -0.05) is 0 Å². The van der Waals surface area contributed by atoms with Crippen molar-refractivity contribution in [3.05, 3.63) is 0 Å². The summed E-state index contributed by atoms with van der Waals surface area (Å²) in [6.07, 6.45) is 2.00. The predicted octanol–water partition coefficient (Wildman–Crippen LogP) is 0.161. The van der Waals surface area contributed by atoms with Crippen LogP contribution >= 0.6 is 0 Å². The molecule has 1 aliphatic heterocycles. The Morgan fingerprint density at radius 2 is 1.89 bits per heavy atom. The highest BCUT2D eigenvalue weighted by Gasteiger charge is 2.22. The first-order valence-corrected chi connectivity index (χ1v) is 6.50. The first-order valence-electron chi connectivity index (χ1n) is 6.50. The van der Waals surface area contributed by atoms with Crippen LogP contribution in [0.25, 0.3) is 0 Å². The number of hydrogen-bond donors (Lipinski definition) is 3. The highest BCUT2D eigenvalue weighted by atomic mass is 16.4. The summed E-state index contributed by atoms with van der Waals surface area (Å²) in [6.45, 7) is 3.07. The summed E-state index contributed by atoms with van der Waals surface area (Å²) in [5.74, 6) is -0.901. The van der Waals surface area contributed by atoms with Gasteiger partial charge in [0.15, 0.2) is 0 Å². The Kier molecular flexibility index (Phi) is 6.11. The molecule has 7 nitrogen and oxygen atoms in total. The van der Waals surface area contributed by atoms with Crippen molar-refractivity contribution in [2.75, 3.05) is 19.6 Å². The zero-order valence-corrected chi connectivity index (χ0v) is 11.1. The van der Waals surface area contributed by atoms with Crippen LogP contribution in [0.4, 0.5) is 4.79 Å². The second kappa shape index (κ2) is 7.60. The van der Waals surface area contributed by atoms with Gasteiger partial charge in [-0.25, -0.2) is 4.79 Å². The Hall–Kier alpha value is -1.79. The van der Waals surface area contributed by atoms with Crippen LogP contribution in [0.1, 0.15) is 32.6 Å². The number of piperidine rings is 1. The predicted molar refractivity (Wildman–Crippen MR) is 68.7 cm³/mol. The standard InChI is InChI=1S/C12H21N3O4/c1-9(16)14-10-4-7-15(8-5-10)12(19)13-6-2-3-11(17)18/h10H,2-8H2,1H3,(H,13,19)(H,14,16)(H,17,18). The van der Waals surface area contributed by atoms with Gasteiger partial charge >= 0.3 is 12.0 Å². The molecule has 0 aromatic carbocycles. The van der Waals surface area contributed by atoms with Gasteiger partial charge in [-0.15, -0.1) is 0 Å². The van der Waals surface area contributed by atoms with Crippen molar-refractivity contribution in [3.63, 3.8) is 0 Å². The molecule has 0 spiro atoms. The minimum absolute atomic E-state index is 0.0448. The molecule has 3 amide bonds. The van der Waals surface area contributed by atoms with Gasteiger partial charge in [0.1, 0.15) is 0 Å². The molecule has 0 unspecified atom stereocenters. The number of nitrogens with one attached hydrogen (secondary N) is 2. The zero-order chi connectivity index (χ0) is 14.3. The largest absolute Gasteiger partial charge is 0.481 e. The van der Waals surface area contributed by atoms with Gasteiger partial charge < -0.3 is 20.6 Å². The molecule has 1 heterocycles. The molecule has 1 saturated heterocycles. The summed E-state index contributed by atoms with van der Waals surface area (Å²) in [5, 5.41) is 14.0. The SMILES string of the molecule is CC(=O)NC1CCN(C(=O)NCCCC(=O)O)CC1. The van der Waals surface area contributed by atoms with Crippen LogP contribution < -0.4 is 10.6 Å². The van der Waals surface area contributed by atoms with Crippen LogP contribution in [0.15, 0.2) is 0 Å². The minimum atomic E-state index is -0.856. The van der Waals surface area contributed by atoms with Gasteiger partial charge in [0, 0.05) is 39.0 Å². The van der Waals surface area contributed by atoms with Crippen molar-refractivity contribution < 1.29 is 19.5 Å². The van der Waals surface area contributed by atoms with E-state index in [2.05, 4.69) is 10.6 Å². The first kappa shape index (κ1) is 15.3. The number of nitrogens with zero attached hydrogens (tertiary/aromatic N) is 1. The number of amides is 3. The molecule has 0 bridgehead atoms. The maximum atomic E-state index is 11.8. The van der Waals surface area contributed by atoms with Crippen LogP contribution in [0.5, 0.6) is 0 Å². The molecule has 1 aliphatic rings. The summed E-state index contributed by atoms with van der Waals surface area (Å²) in [5.41, 5.74) is 0. The maximum Gasteiger partial charge on any atom is 0.317 e. The van der Waals surface area contributed by atoms with Gasteiger partial charge in [-0.05, 0) is 19.3 Å². The van der Waals surface area contributed by atoms with E-state index in [9.17, 15) is 14.4 Å². The molecule has 19 heavy (non-hydrogen) atoms. The van der Waals surface area contributed by atoms with Crippen molar-refractivity contribution >= 4 is 17.9 Å². The lowest BCUT2D eigenvalue weighted by Gasteiger charge is -2.32. The highest BCUT2D eigenvalue weighted by molar-refractivity contribution is 5.75. The Morgan fingerprint density at radius 3 is 2.42 bits per heavy atom. The normalized spacial score (nSPS) is 15.9. The molecule has 1 fully saturated rings. The number of urea groups is 1. The molecule has 0 atom stereocenters. The Labute approximate surface area is 112 Å². The molecule has 0 saturated carbocycles. The molecule has 108 valence electrons. The molecule has 0 aliphatic carbocycles. The van der Waals surface area contributed by atoms with Crippen molar-refractivity contribution in [2.45, 2.75) is 38.6 Å². The highest BCUT2D eigenvalue weighted by Crippen LogP contribution is 2.10. The molecule has 0 radical (unpaired) electrons. The Balaban J connectivity index is 2.18. The number of hydrogen-bond acceptors (Lipinski definition) is 3. The number of carbonyl (C=O) groups is 3. The lowest BCUT2D eigenvalue weighted by Crippen LogP contribution is -2.49. The third-order valence-electron chi connectivity index (χ3n) is 3.03. The van der Waals surface area contributed by atoms with Crippen molar-refractivity contribution in [2.24, 2.45) is 0 Å².